The minimum Gasteiger partial charge on any atom is -0.495 e. The summed E-state index contributed by atoms with van der Waals surface area (Å²) < 4.78 is 20.9. The Hall–Kier alpha value is -4.11. The number of hydrogen-bond acceptors (Lipinski definition) is 6. The second-order valence-corrected chi connectivity index (χ2v) is 9.65. The SMILES string of the molecule is COc1ccccc1NC(=O)C1=C(C)Nc2nc(SCc3cccc(C)c3)nn2[C@@H]1c1ccc(F)cc1. The van der Waals surface area contributed by atoms with Crippen LogP contribution in [0.3, 0.4) is 0 Å². The van der Waals surface area contributed by atoms with E-state index in [0.717, 1.165) is 0 Å². The van der Waals surface area contributed by atoms with E-state index in [4.69, 9.17) is 9.84 Å². The quantitative estimate of drug-likeness (QED) is 0.296. The summed E-state index contributed by atoms with van der Waals surface area (Å²) in [5.74, 6) is 1.10. The fourth-order valence-corrected chi connectivity index (χ4v) is 5.10. The van der Waals surface area contributed by atoms with Gasteiger partial charge in [-0.05, 0) is 49.2 Å². The van der Waals surface area contributed by atoms with Crippen LogP contribution >= 0.6 is 11.8 Å². The Labute approximate surface area is 218 Å². The number of fused-ring (bicyclic) bond motifs is 1. The number of carbonyl (C=O) groups is 1. The van der Waals surface area contributed by atoms with Gasteiger partial charge in [0.1, 0.15) is 17.6 Å². The minimum absolute atomic E-state index is 0.320. The molecule has 1 amide bonds. The van der Waals surface area contributed by atoms with Crippen LogP contribution in [0.15, 0.2) is 89.2 Å². The predicted octanol–water partition coefficient (Wildman–Crippen LogP) is 5.95. The highest BCUT2D eigenvalue weighted by atomic mass is 32.2. The lowest BCUT2D eigenvalue weighted by atomic mass is 9.95. The molecule has 0 fully saturated rings. The number of thioether (sulfide) groups is 1. The van der Waals surface area contributed by atoms with Gasteiger partial charge < -0.3 is 15.4 Å². The molecule has 1 aliphatic heterocycles. The van der Waals surface area contributed by atoms with Crippen molar-refractivity contribution in [3.05, 3.63) is 107 Å². The summed E-state index contributed by atoms with van der Waals surface area (Å²) >= 11 is 1.52. The number of para-hydroxylation sites is 2. The van der Waals surface area contributed by atoms with Crippen LogP contribution in [-0.2, 0) is 10.5 Å². The topological polar surface area (TPSA) is 81.1 Å². The number of rotatable bonds is 7. The first kappa shape index (κ1) is 24.6. The van der Waals surface area contributed by atoms with E-state index in [-0.39, 0.29) is 11.7 Å². The largest absolute Gasteiger partial charge is 0.495 e. The lowest BCUT2D eigenvalue weighted by molar-refractivity contribution is -0.113. The van der Waals surface area contributed by atoms with Gasteiger partial charge in [0.25, 0.3) is 5.91 Å². The highest BCUT2D eigenvalue weighted by Crippen LogP contribution is 2.37. The molecule has 188 valence electrons. The fraction of sp³-hybridized carbons (Fsp3) is 0.179. The van der Waals surface area contributed by atoms with Gasteiger partial charge >= 0.3 is 0 Å². The van der Waals surface area contributed by atoms with Crippen molar-refractivity contribution in [2.24, 2.45) is 0 Å². The van der Waals surface area contributed by atoms with Crippen LogP contribution in [0.25, 0.3) is 0 Å². The first-order valence-electron chi connectivity index (χ1n) is 11.8. The van der Waals surface area contributed by atoms with Gasteiger partial charge in [0.05, 0.1) is 18.4 Å². The number of aromatic nitrogens is 3. The molecule has 1 aliphatic rings. The smallest absolute Gasteiger partial charge is 0.255 e. The normalized spacial score (nSPS) is 14.6. The molecule has 3 aromatic carbocycles. The van der Waals surface area contributed by atoms with E-state index in [0.29, 0.717) is 45.1 Å². The Kier molecular flexibility index (Phi) is 6.96. The summed E-state index contributed by atoms with van der Waals surface area (Å²) in [6, 6.07) is 21.0. The van der Waals surface area contributed by atoms with E-state index < -0.39 is 6.04 Å². The van der Waals surface area contributed by atoms with Gasteiger partial charge in [0.15, 0.2) is 0 Å². The van der Waals surface area contributed by atoms with Crippen molar-refractivity contribution in [3.63, 3.8) is 0 Å². The third-order valence-corrected chi connectivity index (χ3v) is 6.98. The van der Waals surface area contributed by atoms with Crippen LogP contribution in [0.2, 0.25) is 0 Å². The standard InChI is InChI=1S/C28H26FN5O2S/c1-17-7-6-8-19(15-17)16-37-28-32-27-30-18(2)24(26(35)31-22-9-4-5-10-23(22)36-3)25(34(27)33-28)20-11-13-21(29)14-12-20/h4-15,25H,16H2,1-3H3,(H,31,35)(H,30,32,33)/t25-/m1/s1. The van der Waals surface area contributed by atoms with Gasteiger partial charge in [-0.3, -0.25) is 4.79 Å². The van der Waals surface area contributed by atoms with Crippen LogP contribution in [0, 0.1) is 12.7 Å². The van der Waals surface area contributed by atoms with Crippen molar-refractivity contribution in [3.8, 4) is 5.75 Å². The number of methoxy groups -OCH3 is 1. The molecular formula is C28H26FN5O2S. The summed E-state index contributed by atoms with van der Waals surface area (Å²) in [5, 5.41) is 11.5. The highest BCUT2D eigenvalue weighted by Gasteiger charge is 2.34. The number of nitrogens with one attached hydrogen (secondary N) is 2. The molecule has 7 nitrogen and oxygen atoms in total. The van der Waals surface area contributed by atoms with Crippen molar-refractivity contribution in [2.75, 3.05) is 17.7 Å². The zero-order valence-corrected chi connectivity index (χ0v) is 21.5. The molecule has 0 spiro atoms. The Morgan fingerprint density at radius 1 is 1.11 bits per heavy atom. The highest BCUT2D eigenvalue weighted by molar-refractivity contribution is 7.98. The summed E-state index contributed by atoms with van der Waals surface area (Å²) in [5.41, 5.74) is 4.72. The van der Waals surface area contributed by atoms with Crippen molar-refractivity contribution >= 4 is 29.3 Å². The number of ether oxygens (including phenoxy) is 1. The molecule has 2 heterocycles. The average Bonchev–Trinajstić information content (AvgIpc) is 3.30. The zero-order valence-electron chi connectivity index (χ0n) is 20.7. The van der Waals surface area contributed by atoms with Crippen LogP contribution in [0.1, 0.15) is 29.7 Å². The Morgan fingerprint density at radius 2 is 1.89 bits per heavy atom. The molecule has 0 radical (unpaired) electrons. The number of carbonyl (C=O) groups excluding carboxylic acids is 1. The molecule has 37 heavy (non-hydrogen) atoms. The van der Waals surface area contributed by atoms with Gasteiger partial charge in [0, 0.05) is 11.4 Å². The molecule has 5 rings (SSSR count). The third-order valence-electron chi connectivity index (χ3n) is 6.07. The van der Waals surface area contributed by atoms with E-state index in [2.05, 4.69) is 40.7 Å². The lowest BCUT2D eigenvalue weighted by Gasteiger charge is -2.28. The van der Waals surface area contributed by atoms with Crippen molar-refractivity contribution in [1.82, 2.24) is 14.8 Å². The maximum absolute atomic E-state index is 13.8. The Bertz CT molecular complexity index is 1480. The van der Waals surface area contributed by atoms with Gasteiger partial charge in [0.2, 0.25) is 11.1 Å². The molecule has 2 N–H and O–H groups in total. The van der Waals surface area contributed by atoms with Crippen LogP contribution in [0.5, 0.6) is 5.75 Å². The molecule has 0 unspecified atom stereocenters. The maximum atomic E-state index is 13.8. The van der Waals surface area contributed by atoms with Gasteiger partial charge in [-0.1, -0.05) is 65.9 Å². The van der Waals surface area contributed by atoms with Crippen LogP contribution < -0.4 is 15.4 Å². The van der Waals surface area contributed by atoms with Gasteiger partial charge in [-0.2, -0.15) is 4.98 Å². The average molecular weight is 516 g/mol. The maximum Gasteiger partial charge on any atom is 0.255 e. The molecule has 9 heteroatoms. The summed E-state index contributed by atoms with van der Waals surface area (Å²) in [6.45, 7) is 3.89. The van der Waals surface area contributed by atoms with E-state index in [9.17, 15) is 9.18 Å². The third kappa shape index (κ3) is 5.22. The second kappa shape index (κ2) is 10.5. The molecule has 0 aliphatic carbocycles. The lowest BCUT2D eigenvalue weighted by Crippen LogP contribution is -2.31. The number of allylic oxidation sites excluding steroid dienone is 1. The van der Waals surface area contributed by atoms with Crippen molar-refractivity contribution in [1.29, 1.82) is 0 Å². The summed E-state index contributed by atoms with van der Waals surface area (Å²) in [4.78, 5) is 18.3. The van der Waals surface area contributed by atoms with Crippen LogP contribution in [-0.4, -0.2) is 27.8 Å². The molecule has 0 bridgehead atoms. The van der Waals surface area contributed by atoms with Crippen LogP contribution in [0.4, 0.5) is 16.0 Å². The number of hydrogen-bond donors (Lipinski definition) is 2. The minimum atomic E-state index is -0.604. The van der Waals surface area contributed by atoms with E-state index in [1.807, 2.05) is 25.1 Å². The monoisotopic (exact) mass is 515 g/mol. The number of benzene rings is 3. The molecule has 0 saturated carbocycles. The number of anilines is 2. The van der Waals surface area contributed by atoms with Gasteiger partial charge in [-0.15, -0.1) is 5.10 Å². The zero-order chi connectivity index (χ0) is 25.9. The molecule has 1 aromatic heterocycles. The Morgan fingerprint density at radius 3 is 2.65 bits per heavy atom. The molecular weight excluding hydrogens is 489 g/mol. The van der Waals surface area contributed by atoms with E-state index in [1.165, 1.54) is 35.0 Å². The number of halogens is 1. The number of aryl methyl sites for hydroxylation is 1. The summed E-state index contributed by atoms with van der Waals surface area (Å²) in [7, 11) is 1.55. The Balaban J connectivity index is 1.49. The predicted molar refractivity (Wildman–Crippen MR) is 143 cm³/mol. The van der Waals surface area contributed by atoms with E-state index >= 15 is 0 Å². The number of nitrogens with zero attached hydrogens (tertiary/aromatic N) is 3. The van der Waals surface area contributed by atoms with Gasteiger partial charge in [-0.25, -0.2) is 9.07 Å². The first-order valence-corrected chi connectivity index (χ1v) is 12.7. The molecule has 0 saturated heterocycles. The number of amides is 1. The second-order valence-electron chi connectivity index (χ2n) is 8.71. The van der Waals surface area contributed by atoms with Crippen molar-refractivity contribution < 1.29 is 13.9 Å². The fourth-order valence-electron chi connectivity index (χ4n) is 4.33. The first-order chi connectivity index (χ1) is 17.9. The van der Waals surface area contributed by atoms with E-state index in [1.54, 1.807) is 36.1 Å². The molecule has 1 atom stereocenters. The summed E-state index contributed by atoms with van der Waals surface area (Å²) in [6.07, 6.45) is 0. The van der Waals surface area contributed by atoms with Crippen molar-refractivity contribution in [2.45, 2.75) is 30.8 Å². The molecule has 4 aromatic rings.